The summed E-state index contributed by atoms with van der Waals surface area (Å²) in [4.78, 5) is 37.8. The molecule has 4 aromatic rings. The Morgan fingerprint density at radius 2 is 1.70 bits per heavy atom. The van der Waals surface area contributed by atoms with Crippen LogP contribution in [0.15, 0.2) is 64.3 Å². The van der Waals surface area contributed by atoms with E-state index in [2.05, 4.69) is 10.6 Å². The van der Waals surface area contributed by atoms with Crippen LogP contribution in [0.2, 0.25) is 0 Å². The Bertz CT molecular complexity index is 1860. The number of amides is 1. The molecule has 1 saturated carbocycles. The summed E-state index contributed by atoms with van der Waals surface area (Å²) >= 11 is 0. The lowest BCUT2D eigenvalue weighted by atomic mass is 9.90. The minimum atomic E-state index is -0.677. The van der Waals surface area contributed by atoms with Crippen molar-refractivity contribution in [3.05, 3.63) is 104 Å². The number of aliphatic hydroxyl groups is 1. The molecule has 3 N–H and O–H groups in total. The smallest absolute Gasteiger partial charge is 0.330 e. The number of benzene rings is 3. The van der Waals surface area contributed by atoms with Crippen molar-refractivity contribution in [2.45, 2.75) is 51.8 Å². The molecule has 1 aromatic heterocycles. The van der Waals surface area contributed by atoms with Crippen LogP contribution in [0.1, 0.15) is 46.3 Å². The first-order valence-electron chi connectivity index (χ1n) is 14.6. The van der Waals surface area contributed by atoms with Crippen molar-refractivity contribution < 1.29 is 19.0 Å². The van der Waals surface area contributed by atoms with Crippen LogP contribution in [0.5, 0.6) is 5.75 Å². The number of rotatable bonds is 8. The summed E-state index contributed by atoms with van der Waals surface area (Å²) in [6.07, 6.45) is 3.35. The zero-order valence-corrected chi connectivity index (χ0v) is 25.5. The van der Waals surface area contributed by atoms with E-state index in [9.17, 15) is 19.5 Å². The SMILES string of the molecule is COc1cc(-c2cccc(-c3cccc(NC(=O)c4cn(C)c(=O)n(C)c4=O)c3C)c2C)cc(F)c1CN[C@H]1CCC[C@H]1O. The number of methoxy groups -OCH3 is 1. The van der Waals surface area contributed by atoms with Gasteiger partial charge in [0.1, 0.15) is 17.1 Å². The number of aromatic nitrogens is 2. The number of nitrogens with zero attached hydrogens (tertiary/aromatic N) is 2. The molecular formula is C34H37FN4O5. The molecule has 0 bridgehead atoms. The molecule has 1 aliphatic rings. The summed E-state index contributed by atoms with van der Waals surface area (Å²) in [5.74, 6) is -0.587. The molecule has 1 heterocycles. The third-order valence-electron chi connectivity index (χ3n) is 8.60. The summed E-state index contributed by atoms with van der Waals surface area (Å²) in [7, 11) is 4.33. The molecule has 3 aromatic carbocycles. The van der Waals surface area contributed by atoms with Crippen molar-refractivity contribution in [1.82, 2.24) is 14.5 Å². The molecule has 0 saturated heterocycles. The van der Waals surface area contributed by atoms with Crippen LogP contribution in [0.4, 0.5) is 10.1 Å². The van der Waals surface area contributed by atoms with Crippen molar-refractivity contribution in [3.63, 3.8) is 0 Å². The van der Waals surface area contributed by atoms with Gasteiger partial charge in [-0.15, -0.1) is 0 Å². The first-order chi connectivity index (χ1) is 21.0. The summed E-state index contributed by atoms with van der Waals surface area (Å²) < 4.78 is 23.2. The lowest BCUT2D eigenvalue weighted by Gasteiger charge is -2.20. The van der Waals surface area contributed by atoms with Gasteiger partial charge in [-0.25, -0.2) is 9.18 Å². The number of halogens is 1. The van der Waals surface area contributed by atoms with Crippen molar-refractivity contribution in [2.24, 2.45) is 14.1 Å². The molecule has 1 amide bonds. The Kier molecular flexibility index (Phi) is 8.85. The summed E-state index contributed by atoms with van der Waals surface area (Å²) in [5.41, 5.74) is 4.52. The highest BCUT2D eigenvalue weighted by Gasteiger charge is 2.26. The van der Waals surface area contributed by atoms with E-state index in [0.717, 1.165) is 51.6 Å². The van der Waals surface area contributed by atoms with Gasteiger partial charge < -0.3 is 25.0 Å². The number of hydrogen-bond acceptors (Lipinski definition) is 6. The molecule has 0 spiro atoms. The third-order valence-corrected chi connectivity index (χ3v) is 8.60. The molecule has 9 nitrogen and oxygen atoms in total. The number of ether oxygens (including phenoxy) is 1. The predicted molar refractivity (Wildman–Crippen MR) is 169 cm³/mol. The summed E-state index contributed by atoms with van der Waals surface area (Å²) in [5, 5.41) is 16.2. The van der Waals surface area contributed by atoms with Gasteiger partial charge in [-0.3, -0.25) is 14.2 Å². The van der Waals surface area contributed by atoms with E-state index < -0.39 is 29.1 Å². The summed E-state index contributed by atoms with van der Waals surface area (Å²) in [6.45, 7) is 4.09. The van der Waals surface area contributed by atoms with Crippen LogP contribution < -0.4 is 26.6 Å². The van der Waals surface area contributed by atoms with Gasteiger partial charge in [0.2, 0.25) is 0 Å². The lowest BCUT2D eigenvalue weighted by molar-refractivity contribution is 0.102. The van der Waals surface area contributed by atoms with E-state index in [4.69, 9.17) is 4.74 Å². The highest BCUT2D eigenvalue weighted by Crippen LogP contribution is 2.38. The number of aliphatic hydroxyl groups excluding tert-OH is 1. The number of aryl methyl sites for hydroxylation is 1. The maximum absolute atomic E-state index is 15.5. The molecule has 1 aliphatic carbocycles. The second-order valence-electron chi connectivity index (χ2n) is 11.3. The van der Waals surface area contributed by atoms with Gasteiger partial charge in [0.05, 0.1) is 13.2 Å². The van der Waals surface area contributed by atoms with E-state index in [1.165, 1.54) is 38.0 Å². The highest BCUT2D eigenvalue weighted by atomic mass is 19.1. The number of carbonyl (C=O) groups excluding carboxylic acids is 1. The molecule has 0 radical (unpaired) electrons. The van der Waals surface area contributed by atoms with E-state index in [-0.39, 0.29) is 18.2 Å². The molecule has 0 unspecified atom stereocenters. The average Bonchev–Trinajstić information content (AvgIpc) is 3.42. The van der Waals surface area contributed by atoms with Crippen LogP contribution in [0.3, 0.4) is 0 Å². The van der Waals surface area contributed by atoms with E-state index in [0.29, 0.717) is 22.6 Å². The molecule has 2 atom stereocenters. The fourth-order valence-electron chi connectivity index (χ4n) is 5.99. The predicted octanol–water partition coefficient (Wildman–Crippen LogP) is 4.44. The lowest BCUT2D eigenvalue weighted by Crippen LogP contribution is -2.40. The quantitative estimate of drug-likeness (QED) is 0.276. The topological polar surface area (TPSA) is 115 Å². The van der Waals surface area contributed by atoms with Crippen molar-refractivity contribution in [2.75, 3.05) is 12.4 Å². The monoisotopic (exact) mass is 600 g/mol. The van der Waals surface area contributed by atoms with Gasteiger partial charge in [-0.2, -0.15) is 0 Å². The Labute approximate surface area is 254 Å². The number of carbonyl (C=O) groups is 1. The molecule has 5 rings (SSSR count). The minimum Gasteiger partial charge on any atom is -0.496 e. The van der Waals surface area contributed by atoms with Crippen LogP contribution >= 0.6 is 0 Å². The van der Waals surface area contributed by atoms with Crippen molar-refractivity contribution in [3.8, 4) is 28.0 Å². The first-order valence-corrected chi connectivity index (χ1v) is 14.6. The number of hydrogen-bond donors (Lipinski definition) is 3. The minimum absolute atomic E-state index is 0.0618. The van der Waals surface area contributed by atoms with E-state index >= 15 is 4.39 Å². The maximum atomic E-state index is 15.5. The van der Waals surface area contributed by atoms with Crippen LogP contribution in [0.25, 0.3) is 22.3 Å². The molecule has 230 valence electrons. The van der Waals surface area contributed by atoms with Crippen molar-refractivity contribution >= 4 is 11.6 Å². The molecule has 44 heavy (non-hydrogen) atoms. The van der Waals surface area contributed by atoms with Gasteiger partial charge in [-0.1, -0.05) is 30.3 Å². The molecule has 10 heteroatoms. The zero-order valence-electron chi connectivity index (χ0n) is 25.5. The Hall–Kier alpha value is -4.54. The van der Waals surface area contributed by atoms with E-state index in [1.807, 2.05) is 50.2 Å². The van der Waals surface area contributed by atoms with Gasteiger partial charge in [0.25, 0.3) is 11.5 Å². The Morgan fingerprint density at radius 1 is 1.02 bits per heavy atom. The van der Waals surface area contributed by atoms with Crippen LogP contribution in [-0.4, -0.2) is 39.4 Å². The fraction of sp³-hybridized carbons (Fsp3) is 0.324. The zero-order chi connectivity index (χ0) is 31.7. The molecule has 1 fully saturated rings. The third kappa shape index (κ3) is 5.82. The molecule has 0 aliphatic heterocycles. The van der Waals surface area contributed by atoms with Crippen LogP contribution in [-0.2, 0) is 20.6 Å². The second-order valence-corrected chi connectivity index (χ2v) is 11.3. The standard InChI is InChI=1S/C34H37FN4O5/c1-19-22(21-15-27(35)25(31(16-21)44-5)17-36-29-13-8-14-30(29)40)9-6-10-23(19)24-11-7-12-28(20(24)2)37-32(41)26-18-38(3)34(43)39(4)33(26)42/h6-7,9-12,15-16,18,29-30,36,40H,8,13-14,17H2,1-5H3,(H,37,41)/t29-,30+/m0/s1. The fourth-order valence-corrected chi connectivity index (χ4v) is 5.99. The summed E-state index contributed by atoms with van der Waals surface area (Å²) in [6, 6.07) is 14.6. The Balaban J connectivity index is 1.46. The first kappa shape index (κ1) is 30.9. The second kappa shape index (κ2) is 12.6. The van der Waals surface area contributed by atoms with Crippen molar-refractivity contribution in [1.29, 1.82) is 0 Å². The van der Waals surface area contributed by atoms with Crippen LogP contribution in [0, 0.1) is 19.7 Å². The largest absolute Gasteiger partial charge is 0.496 e. The number of nitrogens with one attached hydrogen (secondary N) is 2. The van der Waals surface area contributed by atoms with Gasteiger partial charge in [0, 0.05) is 44.1 Å². The normalized spacial score (nSPS) is 16.2. The van der Waals surface area contributed by atoms with Gasteiger partial charge >= 0.3 is 5.69 Å². The average molecular weight is 601 g/mol. The van der Waals surface area contributed by atoms with Gasteiger partial charge in [0.15, 0.2) is 0 Å². The van der Waals surface area contributed by atoms with E-state index in [1.54, 1.807) is 6.07 Å². The Morgan fingerprint density at radius 3 is 2.39 bits per heavy atom. The molecular weight excluding hydrogens is 563 g/mol. The maximum Gasteiger partial charge on any atom is 0.330 e. The number of anilines is 1. The highest BCUT2D eigenvalue weighted by molar-refractivity contribution is 6.04. The van der Waals surface area contributed by atoms with Gasteiger partial charge in [-0.05, 0) is 84.7 Å².